The van der Waals surface area contributed by atoms with E-state index in [0.29, 0.717) is 0 Å². The fourth-order valence-electron chi connectivity index (χ4n) is 10.2. The number of nitrogens with zero attached hydrogens (tertiary/aromatic N) is 1. The van der Waals surface area contributed by atoms with E-state index in [1.165, 1.54) is 86.9 Å². The first-order valence-corrected chi connectivity index (χ1v) is 22.5. The summed E-state index contributed by atoms with van der Waals surface area (Å²) in [5.41, 5.74) is 17.8. The highest BCUT2D eigenvalue weighted by molar-refractivity contribution is 7.26. The van der Waals surface area contributed by atoms with Crippen LogP contribution >= 0.6 is 11.3 Å². The van der Waals surface area contributed by atoms with E-state index in [0.717, 1.165) is 17.1 Å². The zero-order chi connectivity index (χ0) is 41.7. The third kappa shape index (κ3) is 6.06. The standard InChI is InChI=1S/C61H41NS/c1-5-17-42(18-6-1)43-29-33-48(34-30-43)62(49-35-31-44(32-36-49)51-39-40-55-54-26-14-16-28-58(54)63-60(55)59(51)45-19-7-2-8-20-45)50-37-38-53-52-25-13-15-27-56(52)61(57(53)41-50,46-21-9-3-10-22-46)47-23-11-4-12-24-47/h1-41H. The molecule has 0 aliphatic heterocycles. The molecule has 1 aliphatic carbocycles. The van der Waals surface area contributed by atoms with E-state index in [-0.39, 0.29) is 0 Å². The molecule has 0 bridgehead atoms. The second kappa shape index (κ2) is 15.3. The Labute approximate surface area is 372 Å². The van der Waals surface area contributed by atoms with Gasteiger partial charge in [0.25, 0.3) is 0 Å². The van der Waals surface area contributed by atoms with Crippen molar-refractivity contribution in [1.82, 2.24) is 0 Å². The van der Waals surface area contributed by atoms with Crippen LogP contribution < -0.4 is 4.90 Å². The zero-order valence-electron chi connectivity index (χ0n) is 34.5. The molecule has 0 unspecified atom stereocenters. The van der Waals surface area contributed by atoms with Crippen LogP contribution in [-0.4, -0.2) is 0 Å². The van der Waals surface area contributed by atoms with Crippen LogP contribution in [0, 0.1) is 0 Å². The molecule has 1 heterocycles. The van der Waals surface area contributed by atoms with Gasteiger partial charge in [0.15, 0.2) is 0 Å². The summed E-state index contributed by atoms with van der Waals surface area (Å²) in [6, 6.07) is 91.4. The predicted octanol–water partition coefficient (Wildman–Crippen LogP) is 16.9. The molecule has 296 valence electrons. The minimum Gasteiger partial charge on any atom is -0.310 e. The Balaban J connectivity index is 1.05. The average molecular weight is 820 g/mol. The SMILES string of the molecule is c1ccc(-c2ccc(N(c3ccc(-c4ccc5c(sc6ccccc65)c4-c4ccccc4)cc3)c3ccc4c(c3)C(c3ccccc3)(c3ccccc3)c3ccccc3-4)cc2)cc1. The van der Waals surface area contributed by atoms with Crippen LogP contribution in [0.15, 0.2) is 249 Å². The molecule has 63 heavy (non-hydrogen) atoms. The molecule has 12 rings (SSSR count). The molecule has 0 saturated carbocycles. The van der Waals surface area contributed by atoms with Gasteiger partial charge in [0, 0.05) is 42.8 Å². The molecule has 0 radical (unpaired) electrons. The fraction of sp³-hybridized carbons (Fsp3) is 0.0164. The third-order valence-electron chi connectivity index (χ3n) is 13.0. The molecule has 1 nitrogen and oxygen atoms in total. The minimum atomic E-state index is -0.504. The first-order valence-electron chi connectivity index (χ1n) is 21.7. The third-order valence-corrected chi connectivity index (χ3v) is 14.2. The van der Waals surface area contributed by atoms with E-state index in [1.54, 1.807) is 0 Å². The van der Waals surface area contributed by atoms with Gasteiger partial charge in [0.05, 0.1) is 5.41 Å². The van der Waals surface area contributed by atoms with E-state index < -0.39 is 5.41 Å². The minimum absolute atomic E-state index is 0.504. The van der Waals surface area contributed by atoms with Gasteiger partial charge in [-0.2, -0.15) is 0 Å². The van der Waals surface area contributed by atoms with Crippen molar-refractivity contribution < 1.29 is 0 Å². The van der Waals surface area contributed by atoms with Crippen molar-refractivity contribution in [3.63, 3.8) is 0 Å². The number of benzene rings is 10. The molecule has 0 fully saturated rings. The Bertz CT molecular complexity index is 3370. The summed E-state index contributed by atoms with van der Waals surface area (Å²) in [5, 5.41) is 2.62. The molecule has 0 atom stereocenters. The van der Waals surface area contributed by atoms with Crippen LogP contribution in [0.3, 0.4) is 0 Å². The molecule has 1 aliphatic rings. The van der Waals surface area contributed by atoms with Crippen molar-refractivity contribution in [2.75, 3.05) is 4.90 Å². The number of hydrogen-bond donors (Lipinski definition) is 0. The maximum Gasteiger partial charge on any atom is 0.0714 e. The summed E-state index contributed by atoms with van der Waals surface area (Å²) in [4.78, 5) is 2.43. The topological polar surface area (TPSA) is 3.24 Å². The molecule has 0 saturated heterocycles. The van der Waals surface area contributed by atoms with E-state index >= 15 is 0 Å². The summed E-state index contributed by atoms with van der Waals surface area (Å²) >= 11 is 1.89. The lowest BCUT2D eigenvalue weighted by Gasteiger charge is -2.35. The molecule has 1 aromatic heterocycles. The van der Waals surface area contributed by atoms with Gasteiger partial charge in [-0.25, -0.2) is 0 Å². The number of anilines is 3. The Hall–Kier alpha value is -7.78. The van der Waals surface area contributed by atoms with Gasteiger partial charge in [-0.3, -0.25) is 0 Å². The van der Waals surface area contributed by atoms with Crippen molar-refractivity contribution in [3.05, 3.63) is 271 Å². The second-order valence-corrected chi connectivity index (χ2v) is 17.4. The van der Waals surface area contributed by atoms with Gasteiger partial charge >= 0.3 is 0 Å². The number of rotatable bonds is 8. The number of fused-ring (bicyclic) bond motifs is 6. The highest BCUT2D eigenvalue weighted by Crippen LogP contribution is 2.57. The second-order valence-electron chi connectivity index (χ2n) is 16.4. The Morgan fingerprint density at radius 2 is 0.810 bits per heavy atom. The number of thiophene rings is 1. The van der Waals surface area contributed by atoms with Crippen LogP contribution in [0.25, 0.3) is 64.7 Å². The first kappa shape index (κ1) is 37.0. The van der Waals surface area contributed by atoms with Crippen LogP contribution in [0.4, 0.5) is 17.1 Å². The van der Waals surface area contributed by atoms with E-state index in [4.69, 9.17) is 0 Å². The highest BCUT2D eigenvalue weighted by Gasteiger charge is 2.46. The summed E-state index contributed by atoms with van der Waals surface area (Å²) in [6.07, 6.45) is 0. The van der Waals surface area contributed by atoms with Crippen molar-refractivity contribution >= 4 is 48.6 Å². The smallest absolute Gasteiger partial charge is 0.0714 e. The van der Waals surface area contributed by atoms with E-state index in [2.05, 4.69) is 254 Å². The summed E-state index contributed by atoms with van der Waals surface area (Å²) in [5.74, 6) is 0. The molecule has 0 N–H and O–H groups in total. The van der Waals surface area contributed by atoms with Crippen molar-refractivity contribution in [1.29, 1.82) is 0 Å². The molecule has 11 aromatic rings. The monoisotopic (exact) mass is 819 g/mol. The van der Waals surface area contributed by atoms with E-state index in [9.17, 15) is 0 Å². The van der Waals surface area contributed by atoms with Gasteiger partial charge in [0.1, 0.15) is 0 Å². The maximum atomic E-state index is 2.46. The number of hydrogen-bond acceptors (Lipinski definition) is 2. The van der Waals surface area contributed by atoms with Crippen LogP contribution in [-0.2, 0) is 5.41 Å². The van der Waals surface area contributed by atoms with Crippen LogP contribution in [0.5, 0.6) is 0 Å². The van der Waals surface area contributed by atoms with Gasteiger partial charge in [-0.1, -0.05) is 206 Å². The molecular weight excluding hydrogens is 779 g/mol. The Morgan fingerprint density at radius 1 is 0.317 bits per heavy atom. The summed E-state index contributed by atoms with van der Waals surface area (Å²) < 4.78 is 2.63. The quantitative estimate of drug-likeness (QED) is 0.148. The van der Waals surface area contributed by atoms with E-state index in [1.807, 2.05) is 11.3 Å². The largest absolute Gasteiger partial charge is 0.310 e. The van der Waals surface area contributed by atoms with Crippen molar-refractivity contribution in [2.24, 2.45) is 0 Å². The van der Waals surface area contributed by atoms with Crippen LogP contribution in [0.1, 0.15) is 22.3 Å². The van der Waals surface area contributed by atoms with Gasteiger partial charge < -0.3 is 4.90 Å². The normalized spacial score (nSPS) is 12.6. The molecular formula is C61H41NS. The Kier molecular flexibility index (Phi) is 8.98. The molecule has 0 spiro atoms. The van der Waals surface area contributed by atoms with Gasteiger partial charge in [-0.15, -0.1) is 11.3 Å². The highest BCUT2D eigenvalue weighted by atomic mass is 32.1. The average Bonchev–Trinajstić information content (AvgIpc) is 3.89. The fourth-order valence-corrected chi connectivity index (χ4v) is 11.4. The summed E-state index contributed by atoms with van der Waals surface area (Å²) in [6.45, 7) is 0. The Morgan fingerprint density at radius 3 is 1.48 bits per heavy atom. The lowest BCUT2D eigenvalue weighted by Crippen LogP contribution is -2.28. The van der Waals surface area contributed by atoms with Gasteiger partial charge in [-0.05, 0) is 104 Å². The van der Waals surface area contributed by atoms with Crippen molar-refractivity contribution in [2.45, 2.75) is 5.41 Å². The lowest BCUT2D eigenvalue weighted by atomic mass is 9.67. The molecule has 2 heteroatoms. The first-order chi connectivity index (χ1) is 31.3. The zero-order valence-corrected chi connectivity index (χ0v) is 35.3. The maximum absolute atomic E-state index is 2.46. The lowest BCUT2D eigenvalue weighted by molar-refractivity contribution is 0.768. The molecule has 0 amide bonds. The van der Waals surface area contributed by atoms with Crippen molar-refractivity contribution in [3.8, 4) is 44.5 Å². The summed E-state index contributed by atoms with van der Waals surface area (Å²) in [7, 11) is 0. The molecule has 10 aromatic carbocycles. The van der Waals surface area contributed by atoms with Crippen LogP contribution in [0.2, 0.25) is 0 Å². The van der Waals surface area contributed by atoms with Gasteiger partial charge in [0.2, 0.25) is 0 Å². The predicted molar refractivity (Wildman–Crippen MR) is 268 cm³/mol.